The summed E-state index contributed by atoms with van der Waals surface area (Å²) >= 11 is 0. The monoisotopic (exact) mass is 173 g/mol. The molecule has 0 fully saturated rings. The van der Waals surface area contributed by atoms with Crippen molar-refractivity contribution in [1.82, 2.24) is 0 Å². The van der Waals surface area contributed by atoms with Crippen LogP contribution in [0.2, 0.25) is 0 Å². The smallest absolute Gasteiger partial charge is 0.102 e. The summed E-state index contributed by atoms with van der Waals surface area (Å²) in [7, 11) is 0. The lowest BCUT2D eigenvalue weighted by molar-refractivity contribution is 0.625. The fourth-order valence-electron chi connectivity index (χ4n) is 1.94. The number of hydrogen-bond donors (Lipinski definition) is 0. The first-order valence-electron chi connectivity index (χ1n) is 4.80. The van der Waals surface area contributed by atoms with Crippen molar-refractivity contribution in [3.63, 3.8) is 0 Å². The zero-order valence-corrected chi connectivity index (χ0v) is 8.46. The van der Waals surface area contributed by atoms with Gasteiger partial charge in [0.25, 0.3) is 0 Å². The van der Waals surface area contributed by atoms with Gasteiger partial charge in [0.05, 0.1) is 0 Å². The SMILES string of the molecule is CCN1[C]C(C)(C)c2ccccc21. The molecule has 0 spiro atoms. The van der Waals surface area contributed by atoms with Crippen LogP contribution in [0.4, 0.5) is 5.69 Å². The molecule has 1 heteroatoms. The predicted octanol–water partition coefficient (Wildman–Crippen LogP) is 2.84. The predicted molar refractivity (Wildman–Crippen MR) is 55.7 cm³/mol. The van der Waals surface area contributed by atoms with Crippen molar-refractivity contribution >= 4 is 5.69 Å². The van der Waals surface area contributed by atoms with E-state index in [1.165, 1.54) is 11.3 Å². The van der Waals surface area contributed by atoms with Crippen molar-refractivity contribution < 1.29 is 0 Å². The topological polar surface area (TPSA) is 3.24 Å². The number of benzene rings is 1. The van der Waals surface area contributed by atoms with E-state index >= 15 is 0 Å². The Morgan fingerprint density at radius 2 is 2.00 bits per heavy atom. The number of anilines is 1. The lowest BCUT2D eigenvalue weighted by atomic mass is 9.87. The molecule has 0 saturated heterocycles. The quantitative estimate of drug-likeness (QED) is 0.631. The third-order valence-electron chi connectivity index (χ3n) is 2.60. The van der Waals surface area contributed by atoms with Crippen molar-refractivity contribution in [3.8, 4) is 0 Å². The summed E-state index contributed by atoms with van der Waals surface area (Å²) in [5, 5.41) is 0. The Kier molecular flexibility index (Phi) is 1.83. The van der Waals surface area contributed by atoms with Crippen LogP contribution in [0.1, 0.15) is 26.3 Å². The molecular weight excluding hydrogens is 158 g/mol. The van der Waals surface area contributed by atoms with Crippen LogP contribution in [0.15, 0.2) is 24.3 Å². The molecule has 1 nitrogen and oxygen atoms in total. The third kappa shape index (κ3) is 1.23. The van der Waals surface area contributed by atoms with Crippen molar-refractivity contribution in [2.75, 3.05) is 11.4 Å². The molecule has 0 amide bonds. The van der Waals surface area contributed by atoms with Crippen LogP contribution in [0, 0.1) is 6.54 Å². The van der Waals surface area contributed by atoms with E-state index < -0.39 is 0 Å². The molecule has 2 radical (unpaired) electrons. The molecule has 2 rings (SSSR count). The molecule has 68 valence electrons. The Bertz CT molecular complexity index is 315. The molecule has 0 unspecified atom stereocenters. The van der Waals surface area contributed by atoms with Gasteiger partial charge in [-0.3, -0.25) is 0 Å². The summed E-state index contributed by atoms with van der Waals surface area (Å²) in [4.78, 5) is 2.20. The Morgan fingerprint density at radius 1 is 1.31 bits per heavy atom. The van der Waals surface area contributed by atoms with Gasteiger partial charge in [-0.1, -0.05) is 32.0 Å². The van der Waals surface area contributed by atoms with Crippen LogP contribution in [0.3, 0.4) is 0 Å². The maximum atomic E-state index is 3.48. The zero-order valence-electron chi connectivity index (χ0n) is 8.46. The Balaban J connectivity index is 2.51. The van der Waals surface area contributed by atoms with Crippen LogP contribution in [-0.4, -0.2) is 6.54 Å². The molecule has 0 atom stereocenters. The summed E-state index contributed by atoms with van der Waals surface area (Å²) in [5.41, 5.74) is 2.78. The molecule has 1 aliphatic rings. The molecule has 0 bridgehead atoms. The van der Waals surface area contributed by atoms with E-state index in [0.717, 1.165) is 6.54 Å². The van der Waals surface area contributed by atoms with Gasteiger partial charge in [0.15, 0.2) is 0 Å². The van der Waals surface area contributed by atoms with Gasteiger partial charge in [0.1, 0.15) is 6.54 Å². The second kappa shape index (κ2) is 2.76. The van der Waals surface area contributed by atoms with E-state index in [1.54, 1.807) is 0 Å². The molecule has 0 saturated carbocycles. The summed E-state index contributed by atoms with van der Waals surface area (Å²) in [6.07, 6.45) is 0. The lowest BCUT2D eigenvalue weighted by Gasteiger charge is -2.18. The Hall–Kier alpha value is -0.980. The highest BCUT2D eigenvalue weighted by atomic mass is 15.2. The lowest BCUT2D eigenvalue weighted by Crippen LogP contribution is -2.21. The molecule has 0 aliphatic carbocycles. The van der Waals surface area contributed by atoms with Gasteiger partial charge in [0.2, 0.25) is 0 Å². The maximum absolute atomic E-state index is 3.48. The van der Waals surface area contributed by atoms with Gasteiger partial charge in [-0.2, -0.15) is 0 Å². The molecule has 13 heavy (non-hydrogen) atoms. The Labute approximate surface area is 80.4 Å². The van der Waals surface area contributed by atoms with Gasteiger partial charge in [-0.05, 0) is 18.6 Å². The van der Waals surface area contributed by atoms with E-state index in [0.29, 0.717) is 0 Å². The number of hydrogen-bond acceptors (Lipinski definition) is 1. The first kappa shape index (κ1) is 8.61. The number of fused-ring (bicyclic) bond motifs is 1. The standard InChI is InChI=1S/C12H15N/c1-4-13-9-12(2,3)10-7-5-6-8-11(10)13/h5-8H,4H2,1-3H3. The average molecular weight is 173 g/mol. The molecule has 1 heterocycles. The van der Waals surface area contributed by atoms with Crippen molar-refractivity contribution in [2.45, 2.75) is 26.2 Å². The highest BCUT2D eigenvalue weighted by Gasteiger charge is 2.34. The highest BCUT2D eigenvalue weighted by molar-refractivity contribution is 5.64. The number of rotatable bonds is 1. The molecule has 1 aromatic carbocycles. The normalized spacial score (nSPS) is 18.8. The van der Waals surface area contributed by atoms with Gasteiger partial charge in [0, 0.05) is 17.6 Å². The van der Waals surface area contributed by atoms with Crippen molar-refractivity contribution in [1.29, 1.82) is 0 Å². The summed E-state index contributed by atoms with van der Waals surface area (Å²) in [6.45, 7) is 11.1. The van der Waals surface area contributed by atoms with E-state index in [9.17, 15) is 0 Å². The van der Waals surface area contributed by atoms with E-state index in [4.69, 9.17) is 0 Å². The van der Waals surface area contributed by atoms with Crippen molar-refractivity contribution in [3.05, 3.63) is 36.4 Å². The summed E-state index contributed by atoms with van der Waals surface area (Å²) in [6, 6.07) is 8.55. The fraction of sp³-hybridized carbons (Fsp3) is 0.417. The first-order chi connectivity index (χ1) is 6.15. The third-order valence-corrected chi connectivity index (χ3v) is 2.60. The van der Waals surface area contributed by atoms with Crippen LogP contribution in [0.25, 0.3) is 0 Å². The van der Waals surface area contributed by atoms with Gasteiger partial charge >= 0.3 is 0 Å². The maximum Gasteiger partial charge on any atom is 0.102 e. The van der Waals surface area contributed by atoms with Gasteiger partial charge in [-0.15, -0.1) is 0 Å². The summed E-state index contributed by atoms with van der Waals surface area (Å²) in [5.74, 6) is 0. The van der Waals surface area contributed by atoms with Crippen LogP contribution >= 0.6 is 0 Å². The van der Waals surface area contributed by atoms with E-state index in [2.05, 4.69) is 56.5 Å². The first-order valence-corrected chi connectivity index (χ1v) is 4.80. The average Bonchev–Trinajstić information content (AvgIpc) is 2.39. The second-order valence-corrected chi connectivity index (χ2v) is 4.00. The van der Waals surface area contributed by atoms with Gasteiger partial charge in [-0.25, -0.2) is 0 Å². The number of likely N-dealkylation sites (N-methyl/N-ethyl adjacent to an activating group) is 1. The fourth-order valence-corrected chi connectivity index (χ4v) is 1.94. The molecule has 0 aromatic heterocycles. The van der Waals surface area contributed by atoms with E-state index in [1.807, 2.05) is 0 Å². The number of nitrogens with zero attached hydrogens (tertiary/aromatic N) is 1. The highest BCUT2D eigenvalue weighted by Crippen LogP contribution is 2.42. The molecular formula is C12H15N. The minimum Gasteiger partial charge on any atom is -0.360 e. The van der Waals surface area contributed by atoms with E-state index in [-0.39, 0.29) is 5.41 Å². The Morgan fingerprint density at radius 3 is 2.69 bits per heavy atom. The minimum absolute atomic E-state index is 0.0760. The largest absolute Gasteiger partial charge is 0.360 e. The minimum atomic E-state index is 0.0760. The van der Waals surface area contributed by atoms with Crippen LogP contribution < -0.4 is 4.90 Å². The molecule has 1 aliphatic heterocycles. The van der Waals surface area contributed by atoms with Crippen molar-refractivity contribution in [2.24, 2.45) is 0 Å². The zero-order chi connectivity index (χ0) is 9.47. The van der Waals surface area contributed by atoms with Crippen LogP contribution in [0.5, 0.6) is 0 Å². The van der Waals surface area contributed by atoms with Gasteiger partial charge < -0.3 is 4.90 Å². The number of para-hydroxylation sites is 1. The summed E-state index contributed by atoms with van der Waals surface area (Å²) < 4.78 is 0. The van der Waals surface area contributed by atoms with Crippen LogP contribution in [-0.2, 0) is 5.41 Å². The second-order valence-electron chi connectivity index (χ2n) is 4.00. The molecule has 0 N–H and O–H groups in total. The molecule has 1 aromatic rings.